The molecule has 1 unspecified atom stereocenters. The van der Waals surface area contributed by atoms with Crippen LogP contribution in [0, 0.1) is 31.9 Å². The van der Waals surface area contributed by atoms with Gasteiger partial charge >= 0.3 is 21.1 Å². The van der Waals surface area contributed by atoms with Gasteiger partial charge in [0, 0.05) is 34.5 Å². The molecule has 226 valence electrons. The van der Waals surface area contributed by atoms with Crippen molar-refractivity contribution in [2.45, 2.75) is 40.5 Å². The van der Waals surface area contributed by atoms with E-state index in [-0.39, 0.29) is 21.1 Å². The minimum atomic E-state index is 0. The van der Waals surface area contributed by atoms with Gasteiger partial charge in [-0.15, -0.1) is 35.7 Å². The van der Waals surface area contributed by atoms with Crippen LogP contribution in [0.25, 0.3) is 44.4 Å². The molecule has 0 fully saturated rings. The number of fused-ring (bicyclic) bond motifs is 3. The predicted octanol–water partition coefficient (Wildman–Crippen LogP) is 9.80. The van der Waals surface area contributed by atoms with Crippen molar-refractivity contribution in [1.82, 2.24) is 19.3 Å². The summed E-state index contributed by atoms with van der Waals surface area (Å²) < 4.78 is 18.6. The van der Waals surface area contributed by atoms with E-state index in [0.717, 1.165) is 50.0 Å². The van der Waals surface area contributed by atoms with Crippen molar-refractivity contribution in [3.8, 4) is 34.1 Å². The average Bonchev–Trinajstić information content (AvgIpc) is 3.53. The number of ether oxygens (including phenoxy) is 1. The molecule has 7 aromatic rings. The maximum atomic E-state index is 8.25. The molecule has 0 radical (unpaired) electrons. The van der Waals surface area contributed by atoms with Gasteiger partial charge in [0.15, 0.2) is 0 Å². The van der Waals surface area contributed by atoms with Gasteiger partial charge in [0.05, 0.1) is 7.06 Å². The van der Waals surface area contributed by atoms with E-state index in [1.807, 2.05) is 54.1 Å². The maximum Gasteiger partial charge on any atom is 2.00 e. The van der Waals surface area contributed by atoms with E-state index in [9.17, 15) is 0 Å². The number of nitrogens with zero attached hydrogens (tertiary/aromatic N) is 4. The second-order valence-corrected chi connectivity index (χ2v) is 11.7. The van der Waals surface area contributed by atoms with E-state index < -0.39 is 0 Å². The minimum absolute atomic E-state index is 0. The first-order chi connectivity index (χ1) is 21.8. The summed E-state index contributed by atoms with van der Waals surface area (Å²) in [6, 6.07) is 37.7. The first kappa shape index (κ1) is 29.3. The molecule has 3 heterocycles. The number of hydrogen-bond donors (Lipinski definition) is 0. The minimum Gasteiger partial charge on any atom is -0.509 e. The monoisotopic (exact) mass is 770 g/mol. The van der Waals surface area contributed by atoms with Crippen molar-refractivity contribution < 1.29 is 27.2 Å². The molecule has 0 aliphatic rings. The average molecular weight is 771 g/mol. The standard InChI is InChI=1S/C39H34N4O.Pt/c1-25(2)26(3)30-17-20-36-35(22-30)34-19-18-33(24-37(34)42(36)38-16-9-10-21-40-38)44-32-15-11-14-31(23-32)43-28(5)39(27(4)41-43)29-12-7-6-8-13-29;/h6-22,25-26H,1-5H3;/q-2;+2/i9D;. The van der Waals surface area contributed by atoms with Gasteiger partial charge in [0.1, 0.15) is 5.82 Å². The zero-order chi connectivity index (χ0) is 31.2. The van der Waals surface area contributed by atoms with E-state index in [2.05, 4.69) is 85.8 Å². The van der Waals surface area contributed by atoms with Crippen LogP contribution in [0.2, 0.25) is 0 Å². The third-order valence-corrected chi connectivity index (χ3v) is 8.57. The van der Waals surface area contributed by atoms with Crippen LogP contribution in [0.5, 0.6) is 11.5 Å². The Hall–Kier alpha value is -4.47. The Morgan fingerprint density at radius 2 is 1.62 bits per heavy atom. The summed E-state index contributed by atoms with van der Waals surface area (Å²) in [5.74, 6) is 2.75. The largest absolute Gasteiger partial charge is 2.00 e. The Bertz CT molecular complexity index is 2180. The van der Waals surface area contributed by atoms with Crippen LogP contribution in [0.3, 0.4) is 0 Å². The second kappa shape index (κ2) is 12.5. The molecule has 45 heavy (non-hydrogen) atoms. The van der Waals surface area contributed by atoms with Gasteiger partial charge in [-0.3, -0.25) is 4.68 Å². The summed E-state index contributed by atoms with van der Waals surface area (Å²) in [7, 11) is 0. The Balaban J connectivity index is 0.00000372. The van der Waals surface area contributed by atoms with E-state index in [4.69, 9.17) is 11.2 Å². The molecule has 0 saturated carbocycles. The van der Waals surface area contributed by atoms with Gasteiger partial charge in [-0.25, -0.2) is 4.98 Å². The smallest absolute Gasteiger partial charge is 0.509 e. The fraction of sp³-hybridized carbons (Fsp3) is 0.179. The molecule has 0 aliphatic heterocycles. The van der Waals surface area contributed by atoms with Crippen molar-refractivity contribution in [2.24, 2.45) is 5.92 Å². The van der Waals surface area contributed by atoms with Crippen LogP contribution >= 0.6 is 0 Å². The number of pyridine rings is 1. The van der Waals surface area contributed by atoms with E-state index in [1.54, 1.807) is 18.3 Å². The van der Waals surface area contributed by atoms with Crippen LogP contribution in [0.15, 0.2) is 103 Å². The molecule has 0 aliphatic carbocycles. The molecular formula is C39H34N4OPt. The van der Waals surface area contributed by atoms with Crippen molar-refractivity contribution in [2.75, 3.05) is 0 Å². The fourth-order valence-corrected chi connectivity index (χ4v) is 5.98. The molecule has 7 rings (SSSR count). The maximum absolute atomic E-state index is 8.25. The van der Waals surface area contributed by atoms with Gasteiger partial charge in [-0.1, -0.05) is 74.8 Å². The fourth-order valence-electron chi connectivity index (χ4n) is 5.98. The topological polar surface area (TPSA) is 44.9 Å². The van der Waals surface area contributed by atoms with Gasteiger partial charge in [-0.05, 0) is 66.1 Å². The van der Waals surface area contributed by atoms with Crippen molar-refractivity contribution in [1.29, 1.82) is 0 Å². The quantitative estimate of drug-likeness (QED) is 0.152. The number of hydrogen-bond acceptors (Lipinski definition) is 3. The van der Waals surface area contributed by atoms with Crippen LogP contribution in [-0.2, 0) is 21.1 Å². The molecule has 6 heteroatoms. The van der Waals surface area contributed by atoms with E-state index in [1.165, 1.54) is 5.56 Å². The number of aryl methyl sites for hydroxylation is 1. The van der Waals surface area contributed by atoms with E-state index in [0.29, 0.717) is 35.2 Å². The first-order valence-electron chi connectivity index (χ1n) is 15.5. The molecule has 3 aromatic heterocycles. The Kier molecular flexibility index (Phi) is 8.12. The summed E-state index contributed by atoms with van der Waals surface area (Å²) in [6.45, 7) is 10.9. The van der Waals surface area contributed by atoms with Crippen LogP contribution in [0.4, 0.5) is 0 Å². The number of benzene rings is 4. The second-order valence-electron chi connectivity index (χ2n) is 11.7. The summed E-state index contributed by atoms with van der Waals surface area (Å²) >= 11 is 0. The first-order valence-corrected chi connectivity index (χ1v) is 15.0. The molecule has 0 N–H and O–H groups in total. The molecule has 4 aromatic carbocycles. The molecule has 0 saturated heterocycles. The van der Waals surface area contributed by atoms with Gasteiger partial charge < -0.3 is 9.30 Å². The van der Waals surface area contributed by atoms with Crippen molar-refractivity contribution >= 4 is 21.8 Å². The summed E-state index contributed by atoms with van der Waals surface area (Å²) in [4.78, 5) is 4.63. The normalized spacial score (nSPS) is 12.4. The van der Waals surface area contributed by atoms with Gasteiger partial charge in [0.2, 0.25) is 0 Å². The third-order valence-electron chi connectivity index (χ3n) is 8.57. The molecule has 5 nitrogen and oxygen atoms in total. The van der Waals surface area contributed by atoms with Gasteiger partial charge in [0.25, 0.3) is 0 Å². The molecule has 0 amide bonds. The van der Waals surface area contributed by atoms with Crippen molar-refractivity contribution in [3.63, 3.8) is 0 Å². The zero-order valence-electron chi connectivity index (χ0n) is 26.9. The number of aromatic nitrogens is 4. The van der Waals surface area contributed by atoms with Crippen molar-refractivity contribution in [3.05, 3.63) is 132 Å². The molecular weight excluding hydrogens is 736 g/mol. The summed E-state index contributed by atoms with van der Waals surface area (Å²) in [5.41, 5.74) is 8.22. The zero-order valence-corrected chi connectivity index (χ0v) is 28.2. The predicted molar refractivity (Wildman–Crippen MR) is 178 cm³/mol. The Morgan fingerprint density at radius 3 is 2.40 bits per heavy atom. The molecule has 1 atom stereocenters. The van der Waals surface area contributed by atoms with Crippen LogP contribution < -0.4 is 4.74 Å². The van der Waals surface area contributed by atoms with Crippen LogP contribution in [-0.4, -0.2) is 19.3 Å². The molecule has 0 bridgehead atoms. The SMILES string of the molecule is [2H]c1ccnc(-n2c3[c-]c(Oc4[c-]c(-n5nc(C)c(-c6ccccc6)c5C)ccc4)ccc3c3cc(C(C)C(C)C)ccc32)c1.[Pt+2]. The Labute approximate surface area is 280 Å². The van der Waals surface area contributed by atoms with Crippen LogP contribution in [0.1, 0.15) is 45.0 Å². The van der Waals surface area contributed by atoms with Gasteiger partial charge in [-0.2, -0.15) is 17.2 Å². The summed E-state index contributed by atoms with van der Waals surface area (Å²) in [5, 5.41) is 7.03. The Morgan fingerprint density at radius 1 is 0.822 bits per heavy atom. The summed E-state index contributed by atoms with van der Waals surface area (Å²) in [6.07, 6.45) is 1.67. The van der Waals surface area contributed by atoms with E-state index >= 15 is 0 Å². The third kappa shape index (κ3) is 5.62. The number of rotatable bonds is 7. The molecule has 0 spiro atoms.